The number of amides is 1. The van der Waals surface area contributed by atoms with Gasteiger partial charge in [-0.1, -0.05) is 13.0 Å². The molecule has 1 N–H and O–H groups in total. The standard InChI is InChI=1S/C28H44N2O3/c1-4-11-30(13-9-24-7-8-25(32-2)17-26(24)33-3)12-6-5-10-29-27(31)28-18-21-14-22(19-28)16-23(15-21)20-28/h7-8,17,21-23H,4-6,9-16,18-20H2,1-3H3,(H,29,31). The van der Waals surface area contributed by atoms with Gasteiger partial charge in [-0.15, -0.1) is 0 Å². The van der Waals surface area contributed by atoms with Gasteiger partial charge in [0.25, 0.3) is 0 Å². The summed E-state index contributed by atoms with van der Waals surface area (Å²) in [5, 5.41) is 3.34. The molecule has 5 heteroatoms. The summed E-state index contributed by atoms with van der Waals surface area (Å²) in [5.74, 6) is 4.59. The van der Waals surface area contributed by atoms with Gasteiger partial charge in [0, 0.05) is 24.6 Å². The molecule has 4 saturated carbocycles. The third-order valence-electron chi connectivity index (χ3n) is 8.44. The Balaban J connectivity index is 1.18. The summed E-state index contributed by atoms with van der Waals surface area (Å²) < 4.78 is 10.9. The summed E-state index contributed by atoms with van der Waals surface area (Å²) in [5.41, 5.74) is 1.21. The third-order valence-corrected chi connectivity index (χ3v) is 8.44. The van der Waals surface area contributed by atoms with Crippen LogP contribution in [-0.4, -0.2) is 51.2 Å². The Kier molecular flexibility index (Phi) is 8.21. The lowest BCUT2D eigenvalue weighted by Gasteiger charge is -2.55. The highest BCUT2D eigenvalue weighted by atomic mass is 16.5. The smallest absolute Gasteiger partial charge is 0.226 e. The number of nitrogens with one attached hydrogen (secondary N) is 1. The zero-order valence-corrected chi connectivity index (χ0v) is 21.0. The number of hydrogen-bond acceptors (Lipinski definition) is 4. The Morgan fingerprint density at radius 2 is 1.70 bits per heavy atom. The molecule has 0 atom stereocenters. The van der Waals surface area contributed by atoms with Crippen LogP contribution in [0.2, 0.25) is 0 Å². The summed E-state index contributed by atoms with van der Waals surface area (Å²) in [6, 6.07) is 6.09. The topological polar surface area (TPSA) is 50.8 Å². The number of hydrogen-bond donors (Lipinski definition) is 1. The fourth-order valence-electron chi connectivity index (χ4n) is 7.23. The lowest BCUT2D eigenvalue weighted by molar-refractivity contribution is -0.146. The average Bonchev–Trinajstić information content (AvgIpc) is 2.81. The Bertz CT molecular complexity index is 758. The van der Waals surface area contributed by atoms with Gasteiger partial charge in [0.15, 0.2) is 0 Å². The van der Waals surface area contributed by atoms with E-state index in [0.717, 1.165) is 100 Å². The van der Waals surface area contributed by atoms with Crippen molar-refractivity contribution in [3.8, 4) is 11.5 Å². The molecule has 0 aromatic heterocycles. The Morgan fingerprint density at radius 1 is 1.00 bits per heavy atom. The quantitative estimate of drug-likeness (QED) is 0.421. The second-order valence-corrected chi connectivity index (χ2v) is 10.9. The second-order valence-electron chi connectivity index (χ2n) is 10.9. The van der Waals surface area contributed by atoms with Gasteiger partial charge < -0.3 is 19.7 Å². The highest BCUT2D eigenvalue weighted by Crippen LogP contribution is 2.60. The first kappa shape index (κ1) is 24.4. The molecule has 4 aliphatic rings. The summed E-state index contributed by atoms with van der Waals surface area (Å²) in [6.07, 6.45) is 12.0. The molecule has 0 radical (unpaired) electrons. The van der Waals surface area contributed by atoms with Crippen LogP contribution >= 0.6 is 0 Å². The number of carbonyl (C=O) groups excluding carboxylic acids is 1. The van der Waals surface area contributed by atoms with Gasteiger partial charge in [-0.25, -0.2) is 0 Å². The highest BCUT2D eigenvalue weighted by molar-refractivity contribution is 5.83. The third kappa shape index (κ3) is 5.85. The van der Waals surface area contributed by atoms with Crippen molar-refractivity contribution in [1.82, 2.24) is 10.2 Å². The number of ether oxygens (including phenoxy) is 2. The minimum atomic E-state index is -0.0135. The van der Waals surface area contributed by atoms with Crippen LogP contribution in [0.15, 0.2) is 18.2 Å². The predicted octanol–water partition coefficient (Wildman–Crippen LogP) is 5.07. The normalized spacial score (nSPS) is 27.7. The van der Waals surface area contributed by atoms with Crippen molar-refractivity contribution >= 4 is 5.91 Å². The molecule has 184 valence electrons. The lowest BCUT2D eigenvalue weighted by atomic mass is 9.49. The van der Waals surface area contributed by atoms with E-state index < -0.39 is 0 Å². The Hall–Kier alpha value is -1.75. The fraction of sp³-hybridized carbons (Fsp3) is 0.750. The lowest BCUT2D eigenvalue weighted by Crippen LogP contribution is -2.53. The molecule has 1 aromatic rings. The van der Waals surface area contributed by atoms with Crippen molar-refractivity contribution in [3.05, 3.63) is 23.8 Å². The molecule has 4 bridgehead atoms. The maximum absolute atomic E-state index is 13.1. The summed E-state index contributed by atoms with van der Waals surface area (Å²) in [4.78, 5) is 15.7. The van der Waals surface area contributed by atoms with Crippen LogP contribution in [0.3, 0.4) is 0 Å². The first-order valence-electron chi connectivity index (χ1n) is 13.3. The number of unbranched alkanes of at least 4 members (excludes halogenated alkanes) is 1. The number of rotatable bonds is 13. The second kappa shape index (κ2) is 11.1. The van der Waals surface area contributed by atoms with Gasteiger partial charge in [-0.3, -0.25) is 4.79 Å². The van der Waals surface area contributed by atoms with Gasteiger partial charge in [-0.05, 0) is 107 Å². The maximum atomic E-state index is 13.1. The minimum Gasteiger partial charge on any atom is -0.497 e. The highest BCUT2D eigenvalue weighted by Gasteiger charge is 2.54. The van der Waals surface area contributed by atoms with E-state index in [1.165, 1.54) is 24.8 Å². The number of benzene rings is 1. The van der Waals surface area contributed by atoms with Gasteiger partial charge >= 0.3 is 0 Å². The molecule has 1 aromatic carbocycles. The number of methoxy groups -OCH3 is 2. The van der Waals surface area contributed by atoms with Gasteiger partial charge in [0.2, 0.25) is 5.91 Å². The first-order valence-corrected chi connectivity index (χ1v) is 13.3. The molecular formula is C28H44N2O3. The Morgan fingerprint density at radius 3 is 2.30 bits per heavy atom. The zero-order chi connectivity index (χ0) is 23.3. The molecule has 5 nitrogen and oxygen atoms in total. The van der Waals surface area contributed by atoms with Crippen molar-refractivity contribution in [2.45, 2.75) is 71.1 Å². The summed E-state index contributed by atoms with van der Waals surface area (Å²) in [6.45, 7) is 6.29. The van der Waals surface area contributed by atoms with Crippen molar-refractivity contribution in [1.29, 1.82) is 0 Å². The van der Waals surface area contributed by atoms with E-state index in [1.54, 1.807) is 14.2 Å². The van der Waals surface area contributed by atoms with E-state index in [4.69, 9.17) is 9.47 Å². The van der Waals surface area contributed by atoms with Crippen molar-refractivity contribution in [2.75, 3.05) is 40.4 Å². The fourth-order valence-corrected chi connectivity index (χ4v) is 7.23. The molecule has 0 heterocycles. The van der Waals surface area contributed by atoms with Gasteiger partial charge in [0.05, 0.1) is 14.2 Å². The molecule has 0 aliphatic heterocycles. The van der Waals surface area contributed by atoms with E-state index >= 15 is 0 Å². The molecule has 0 saturated heterocycles. The minimum absolute atomic E-state index is 0.0135. The molecule has 4 fully saturated rings. The molecule has 33 heavy (non-hydrogen) atoms. The van der Waals surface area contributed by atoms with Crippen LogP contribution in [0.5, 0.6) is 11.5 Å². The monoisotopic (exact) mass is 456 g/mol. The van der Waals surface area contributed by atoms with Crippen LogP contribution < -0.4 is 14.8 Å². The molecule has 1 amide bonds. The van der Waals surface area contributed by atoms with Gasteiger partial charge in [0.1, 0.15) is 11.5 Å². The maximum Gasteiger partial charge on any atom is 0.226 e. The van der Waals surface area contributed by atoms with Crippen LogP contribution in [0.25, 0.3) is 0 Å². The van der Waals surface area contributed by atoms with Crippen LogP contribution in [0.1, 0.15) is 70.3 Å². The molecular weight excluding hydrogens is 412 g/mol. The number of carbonyl (C=O) groups is 1. The zero-order valence-electron chi connectivity index (χ0n) is 21.0. The van der Waals surface area contributed by atoms with Gasteiger partial charge in [-0.2, -0.15) is 0 Å². The Labute approximate surface area is 200 Å². The van der Waals surface area contributed by atoms with Crippen molar-refractivity contribution < 1.29 is 14.3 Å². The molecule has 0 spiro atoms. The SMILES string of the molecule is CCCN(CCCCNC(=O)C12CC3CC(CC(C3)C1)C2)CCc1ccc(OC)cc1OC. The van der Waals surface area contributed by atoms with E-state index in [9.17, 15) is 4.79 Å². The predicted molar refractivity (Wildman–Crippen MR) is 133 cm³/mol. The van der Waals surface area contributed by atoms with Crippen molar-refractivity contribution in [2.24, 2.45) is 23.2 Å². The van der Waals surface area contributed by atoms with E-state index in [-0.39, 0.29) is 5.41 Å². The molecule has 4 aliphatic carbocycles. The summed E-state index contributed by atoms with van der Waals surface area (Å²) >= 11 is 0. The summed E-state index contributed by atoms with van der Waals surface area (Å²) in [7, 11) is 3.41. The number of nitrogens with zero attached hydrogens (tertiary/aromatic N) is 1. The van der Waals surface area contributed by atoms with E-state index in [2.05, 4.69) is 23.2 Å². The van der Waals surface area contributed by atoms with Crippen LogP contribution in [0.4, 0.5) is 0 Å². The first-order chi connectivity index (χ1) is 16.0. The van der Waals surface area contributed by atoms with E-state index in [0.29, 0.717) is 5.91 Å². The largest absolute Gasteiger partial charge is 0.497 e. The van der Waals surface area contributed by atoms with Crippen molar-refractivity contribution in [3.63, 3.8) is 0 Å². The van der Waals surface area contributed by atoms with Crippen LogP contribution in [0, 0.1) is 23.2 Å². The molecule has 0 unspecified atom stereocenters. The van der Waals surface area contributed by atoms with E-state index in [1.807, 2.05) is 12.1 Å². The van der Waals surface area contributed by atoms with Crippen LogP contribution in [-0.2, 0) is 11.2 Å². The molecule has 5 rings (SSSR count). The average molecular weight is 457 g/mol.